The maximum absolute atomic E-state index is 12.2. The van der Waals surface area contributed by atoms with Gasteiger partial charge in [-0.2, -0.15) is 0 Å². The van der Waals surface area contributed by atoms with Crippen molar-refractivity contribution in [2.24, 2.45) is 10.9 Å². The van der Waals surface area contributed by atoms with Crippen molar-refractivity contribution < 1.29 is 18.1 Å². The van der Waals surface area contributed by atoms with Gasteiger partial charge in [0.2, 0.25) is 10.0 Å². The molecule has 3 N–H and O–H groups in total. The fraction of sp³-hybridized carbons (Fsp3) is 0.588. The summed E-state index contributed by atoms with van der Waals surface area (Å²) in [5.41, 5.74) is -0.277. The van der Waals surface area contributed by atoms with Gasteiger partial charge in [0.15, 0.2) is 5.96 Å². The van der Waals surface area contributed by atoms with E-state index >= 15 is 0 Å². The molecule has 0 radical (unpaired) electrons. The average molecular weight is 416 g/mol. The maximum atomic E-state index is 12.2. The summed E-state index contributed by atoms with van der Waals surface area (Å²) in [7, 11) is -2.22. The first-order valence-electron chi connectivity index (χ1n) is 9.02. The van der Waals surface area contributed by atoms with Crippen molar-refractivity contribution in [3.63, 3.8) is 0 Å². The quantitative estimate of drug-likeness (QED) is 0.153. The van der Waals surface area contributed by atoms with Gasteiger partial charge in [0, 0.05) is 45.4 Å². The van der Waals surface area contributed by atoms with Gasteiger partial charge in [-0.25, -0.2) is 13.1 Å². The highest BCUT2D eigenvalue weighted by atomic mass is 32.2. The Morgan fingerprint density at radius 3 is 2.57 bits per heavy atom. The second-order valence-corrected chi connectivity index (χ2v) is 8.14. The minimum absolute atomic E-state index is 0.0939. The molecule has 0 saturated heterocycles. The Hall–Kier alpha value is -2.24. The molecule has 10 nitrogen and oxygen atoms in total. The standard InChI is InChI=1S/C17H29N5O5S/c1-14(2)7-11-27-12-10-20-17(18-3)19-8-9-21-28(25,26)16-6-4-5-15(13-16)22(23)24/h4-6,13-14,21H,7-12H2,1-3H3,(H2,18,19,20). The first kappa shape index (κ1) is 23.8. The lowest BCUT2D eigenvalue weighted by Gasteiger charge is -2.13. The minimum Gasteiger partial charge on any atom is -0.380 e. The number of guanidine groups is 1. The zero-order valence-electron chi connectivity index (χ0n) is 16.5. The summed E-state index contributed by atoms with van der Waals surface area (Å²) >= 11 is 0. The van der Waals surface area contributed by atoms with Gasteiger partial charge >= 0.3 is 0 Å². The van der Waals surface area contributed by atoms with Crippen LogP contribution >= 0.6 is 0 Å². The van der Waals surface area contributed by atoms with Crippen LogP contribution in [0.25, 0.3) is 0 Å². The first-order chi connectivity index (χ1) is 13.3. The van der Waals surface area contributed by atoms with Crippen molar-refractivity contribution in [3.05, 3.63) is 34.4 Å². The van der Waals surface area contributed by atoms with Gasteiger partial charge < -0.3 is 15.4 Å². The van der Waals surface area contributed by atoms with Crippen LogP contribution in [0.15, 0.2) is 34.2 Å². The third-order valence-electron chi connectivity index (χ3n) is 3.65. The topological polar surface area (TPSA) is 135 Å². The van der Waals surface area contributed by atoms with E-state index in [1.165, 1.54) is 18.2 Å². The smallest absolute Gasteiger partial charge is 0.270 e. The number of aliphatic imine (C=N–C) groups is 1. The lowest BCUT2D eigenvalue weighted by atomic mass is 10.1. The van der Waals surface area contributed by atoms with Crippen LogP contribution in [0.5, 0.6) is 0 Å². The Bertz CT molecular complexity index is 752. The summed E-state index contributed by atoms with van der Waals surface area (Å²) in [5, 5.41) is 16.8. The normalized spacial score (nSPS) is 12.2. The Labute approximate surface area is 166 Å². The minimum atomic E-state index is -3.83. The highest BCUT2D eigenvalue weighted by Gasteiger charge is 2.16. The second-order valence-electron chi connectivity index (χ2n) is 6.37. The molecule has 0 heterocycles. The molecule has 0 spiro atoms. The number of nitrogens with zero attached hydrogens (tertiary/aromatic N) is 2. The van der Waals surface area contributed by atoms with E-state index in [2.05, 4.69) is 34.2 Å². The number of hydrogen-bond donors (Lipinski definition) is 3. The van der Waals surface area contributed by atoms with Gasteiger partial charge in [0.25, 0.3) is 5.69 Å². The van der Waals surface area contributed by atoms with Crippen molar-refractivity contribution in [1.29, 1.82) is 0 Å². The van der Waals surface area contributed by atoms with Crippen molar-refractivity contribution in [2.75, 3.05) is 39.9 Å². The van der Waals surface area contributed by atoms with Crippen molar-refractivity contribution in [3.8, 4) is 0 Å². The molecular formula is C17H29N5O5S. The Morgan fingerprint density at radius 2 is 1.93 bits per heavy atom. The lowest BCUT2D eigenvalue weighted by Crippen LogP contribution is -2.42. The summed E-state index contributed by atoms with van der Waals surface area (Å²) in [6.07, 6.45) is 1.01. The molecule has 1 aromatic rings. The van der Waals surface area contributed by atoms with Gasteiger partial charge in [-0.3, -0.25) is 15.1 Å². The van der Waals surface area contributed by atoms with Crippen LogP contribution in [0, 0.1) is 16.0 Å². The predicted molar refractivity (Wildman–Crippen MR) is 108 cm³/mol. The fourth-order valence-corrected chi connectivity index (χ4v) is 3.17. The predicted octanol–water partition coefficient (Wildman–Crippen LogP) is 1.10. The lowest BCUT2D eigenvalue weighted by molar-refractivity contribution is -0.385. The Kier molecular flexibility index (Phi) is 10.4. The second kappa shape index (κ2) is 12.3. The van der Waals surface area contributed by atoms with Gasteiger partial charge in [0.1, 0.15) is 0 Å². The van der Waals surface area contributed by atoms with E-state index in [1.54, 1.807) is 7.05 Å². The van der Waals surface area contributed by atoms with Gasteiger partial charge in [-0.15, -0.1) is 0 Å². The van der Waals surface area contributed by atoms with Crippen LogP contribution in [0.3, 0.4) is 0 Å². The van der Waals surface area contributed by atoms with E-state index in [0.29, 0.717) is 38.2 Å². The molecule has 0 aromatic heterocycles. The molecule has 0 aliphatic heterocycles. The summed E-state index contributed by atoms with van der Waals surface area (Å²) < 4.78 is 32.3. The summed E-state index contributed by atoms with van der Waals surface area (Å²) in [5.74, 6) is 1.13. The molecule has 0 bridgehead atoms. The van der Waals surface area contributed by atoms with Crippen molar-refractivity contribution in [2.45, 2.75) is 25.2 Å². The molecule has 28 heavy (non-hydrogen) atoms. The number of nitro benzene ring substituents is 1. The van der Waals surface area contributed by atoms with E-state index in [4.69, 9.17) is 4.74 Å². The Balaban J connectivity index is 2.34. The van der Waals surface area contributed by atoms with E-state index in [1.807, 2.05) is 0 Å². The van der Waals surface area contributed by atoms with E-state index in [9.17, 15) is 18.5 Å². The van der Waals surface area contributed by atoms with Crippen LogP contribution in [0.1, 0.15) is 20.3 Å². The van der Waals surface area contributed by atoms with E-state index in [-0.39, 0.29) is 17.1 Å². The molecule has 0 saturated carbocycles. The summed E-state index contributed by atoms with van der Waals surface area (Å²) in [6, 6.07) is 4.90. The zero-order chi connectivity index (χ0) is 21.0. The van der Waals surface area contributed by atoms with Crippen LogP contribution in [0.4, 0.5) is 5.69 Å². The van der Waals surface area contributed by atoms with Gasteiger partial charge in [-0.05, 0) is 18.4 Å². The largest absolute Gasteiger partial charge is 0.380 e. The number of sulfonamides is 1. The monoisotopic (exact) mass is 415 g/mol. The fourth-order valence-electron chi connectivity index (χ4n) is 2.10. The molecule has 1 rings (SSSR count). The third kappa shape index (κ3) is 9.11. The van der Waals surface area contributed by atoms with Crippen LogP contribution in [-0.4, -0.2) is 59.2 Å². The number of benzene rings is 1. The maximum Gasteiger partial charge on any atom is 0.270 e. The molecule has 1 aromatic carbocycles. The number of hydrogen-bond acceptors (Lipinski definition) is 6. The molecule has 0 aliphatic carbocycles. The molecule has 0 unspecified atom stereocenters. The molecule has 11 heteroatoms. The zero-order valence-corrected chi connectivity index (χ0v) is 17.3. The van der Waals surface area contributed by atoms with Gasteiger partial charge in [0.05, 0.1) is 16.4 Å². The molecule has 158 valence electrons. The van der Waals surface area contributed by atoms with Crippen LogP contribution < -0.4 is 15.4 Å². The first-order valence-corrected chi connectivity index (χ1v) is 10.5. The van der Waals surface area contributed by atoms with E-state index in [0.717, 1.165) is 12.5 Å². The van der Waals surface area contributed by atoms with Crippen molar-refractivity contribution >= 4 is 21.7 Å². The highest BCUT2D eigenvalue weighted by Crippen LogP contribution is 2.16. The molecule has 0 aliphatic rings. The van der Waals surface area contributed by atoms with Crippen LogP contribution in [0.2, 0.25) is 0 Å². The highest BCUT2D eigenvalue weighted by molar-refractivity contribution is 7.89. The molecular weight excluding hydrogens is 386 g/mol. The summed E-state index contributed by atoms with van der Waals surface area (Å²) in [6.45, 7) is 6.51. The number of nitrogens with one attached hydrogen (secondary N) is 3. The molecule has 0 fully saturated rings. The van der Waals surface area contributed by atoms with Crippen LogP contribution in [-0.2, 0) is 14.8 Å². The number of nitro groups is 1. The SMILES string of the molecule is CN=C(NCCNS(=O)(=O)c1cccc([N+](=O)[O-])c1)NCCOCCC(C)C. The number of ether oxygens (including phenoxy) is 1. The van der Waals surface area contributed by atoms with Gasteiger partial charge in [-0.1, -0.05) is 19.9 Å². The number of rotatable bonds is 12. The average Bonchev–Trinajstić information content (AvgIpc) is 2.65. The molecule has 0 atom stereocenters. The third-order valence-corrected chi connectivity index (χ3v) is 5.11. The van der Waals surface area contributed by atoms with Crippen molar-refractivity contribution in [1.82, 2.24) is 15.4 Å². The Morgan fingerprint density at radius 1 is 1.21 bits per heavy atom. The van der Waals surface area contributed by atoms with E-state index < -0.39 is 14.9 Å². The summed E-state index contributed by atoms with van der Waals surface area (Å²) in [4.78, 5) is 14.0. The molecule has 0 amide bonds. The number of non-ortho nitro benzene ring substituents is 1.